The third kappa shape index (κ3) is 4.56. The van der Waals surface area contributed by atoms with E-state index in [1.807, 2.05) is 13.8 Å². The van der Waals surface area contributed by atoms with Crippen molar-refractivity contribution in [2.24, 2.45) is 0 Å². The summed E-state index contributed by atoms with van der Waals surface area (Å²) in [6.07, 6.45) is 1.75. The second-order valence-corrected chi connectivity index (χ2v) is 9.86. The molecule has 0 spiro atoms. The Kier molecular flexibility index (Phi) is 5.67. The number of benzene rings is 1. The summed E-state index contributed by atoms with van der Waals surface area (Å²) in [6, 6.07) is 8.56. The van der Waals surface area contributed by atoms with Gasteiger partial charge in [0.05, 0.1) is 4.90 Å². The van der Waals surface area contributed by atoms with E-state index in [2.05, 4.69) is 10.6 Å². The van der Waals surface area contributed by atoms with E-state index in [-0.39, 0.29) is 17.5 Å². The van der Waals surface area contributed by atoms with Gasteiger partial charge in [-0.2, -0.15) is 0 Å². The number of hydrogen-bond donors (Lipinski definition) is 2. The molecule has 144 valence electrons. The molecule has 1 aliphatic carbocycles. The zero-order valence-electron chi connectivity index (χ0n) is 15.2. The van der Waals surface area contributed by atoms with Gasteiger partial charge in [-0.15, -0.1) is 11.3 Å². The Balaban J connectivity index is 1.81. The SMILES string of the molecule is Cc1ccc(S(=O)(=O)[C@@H](CNC(=O)C(=O)NC2CC2)c2cccs2)cc1C. The van der Waals surface area contributed by atoms with Crippen LogP contribution in [0.25, 0.3) is 0 Å². The van der Waals surface area contributed by atoms with E-state index in [1.54, 1.807) is 35.7 Å². The van der Waals surface area contributed by atoms with Gasteiger partial charge < -0.3 is 10.6 Å². The number of aryl methyl sites for hydroxylation is 2. The monoisotopic (exact) mass is 406 g/mol. The summed E-state index contributed by atoms with van der Waals surface area (Å²) in [7, 11) is -3.73. The molecule has 27 heavy (non-hydrogen) atoms. The van der Waals surface area contributed by atoms with E-state index in [9.17, 15) is 18.0 Å². The summed E-state index contributed by atoms with van der Waals surface area (Å²) >= 11 is 1.31. The molecular formula is C19H22N2O4S2. The van der Waals surface area contributed by atoms with Crippen molar-refractivity contribution < 1.29 is 18.0 Å². The highest BCUT2D eigenvalue weighted by Gasteiger charge is 2.32. The molecule has 0 aliphatic heterocycles. The fourth-order valence-electron chi connectivity index (χ4n) is 2.64. The van der Waals surface area contributed by atoms with Crippen LogP contribution in [-0.2, 0) is 19.4 Å². The van der Waals surface area contributed by atoms with Crippen LogP contribution in [0.3, 0.4) is 0 Å². The van der Waals surface area contributed by atoms with Crippen molar-refractivity contribution in [3.63, 3.8) is 0 Å². The molecule has 1 heterocycles. The molecule has 1 aromatic carbocycles. The van der Waals surface area contributed by atoms with Crippen molar-refractivity contribution in [1.82, 2.24) is 10.6 Å². The number of amides is 2. The van der Waals surface area contributed by atoms with Crippen molar-refractivity contribution in [2.75, 3.05) is 6.54 Å². The summed E-state index contributed by atoms with van der Waals surface area (Å²) < 4.78 is 26.4. The number of carbonyl (C=O) groups is 2. The normalized spacial score (nSPS) is 15.2. The number of nitrogens with one attached hydrogen (secondary N) is 2. The molecule has 2 aromatic rings. The van der Waals surface area contributed by atoms with Crippen LogP contribution in [0.2, 0.25) is 0 Å². The first-order valence-corrected chi connectivity index (χ1v) is 11.1. The third-order valence-electron chi connectivity index (χ3n) is 4.61. The van der Waals surface area contributed by atoms with Crippen LogP contribution >= 0.6 is 11.3 Å². The second kappa shape index (κ2) is 7.82. The number of sulfone groups is 1. The summed E-state index contributed by atoms with van der Waals surface area (Å²) in [5, 5.41) is 5.93. The lowest BCUT2D eigenvalue weighted by atomic mass is 10.1. The van der Waals surface area contributed by atoms with E-state index >= 15 is 0 Å². The van der Waals surface area contributed by atoms with E-state index in [0.29, 0.717) is 4.88 Å². The highest BCUT2D eigenvalue weighted by molar-refractivity contribution is 7.91. The summed E-state index contributed by atoms with van der Waals surface area (Å²) in [6.45, 7) is 3.62. The minimum absolute atomic E-state index is 0.0654. The number of carbonyl (C=O) groups excluding carboxylic acids is 2. The lowest BCUT2D eigenvalue weighted by Gasteiger charge is -2.18. The molecule has 0 bridgehead atoms. The Morgan fingerprint density at radius 1 is 1.15 bits per heavy atom. The van der Waals surface area contributed by atoms with E-state index in [0.717, 1.165) is 24.0 Å². The van der Waals surface area contributed by atoms with Crippen LogP contribution in [0, 0.1) is 13.8 Å². The van der Waals surface area contributed by atoms with E-state index < -0.39 is 26.9 Å². The Morgan fingerprint density at radius 2 is 1.89 bits per heavy atom. The molecule has 6 nitrogen and oxygen atoms in total. The van der Waals surface area contributed by atoms with Gasteiger partial charge in [-0.3, -0.25) is 9.59 Å². The molecule has 0 unspecified atom stereocenters. The zero-order valence-corrected chi connectivity index (χ0v) is 16.8. The fourth-order valence-corrected chi connectivity index (χ4v) is 5.50. The molecule has 1 fully saturated rings. The van der Waals surface area contributed by atoms with Gasteiger partial charge in [0.2, 0.25) is 0 Å². The molecule has 1 aromatic heterocycles. The Bertz CT molecular complexity index is 948. The van der Waals surface area contributed by atoms with Crippen LogP contribution in [0.4, 0.5) is 0 Å². The minimum atomic E-state index is -3.73. The first-order chi connectivity index (χ1) is 12.8. The lowest BCUT2D eigenvalue weighted by Crippen LogP contribution is -2.42. The van der Waals surface area contributed by atoms with Crippen LogP contribution in [0.15, 0.2) is 40.6 Å². The largest absolute Gasteiger partial charge is 0.346 e. The third-order valence-corrected chi connectivity index (χ3v) is 7.82. The molecule has 0 saturated heterocycles. The van der Waals surface area contributed by atoms with Gasteiger partial charge >= 0.3 is 11.8 Å². The van der Waals surface area contributed by atoms with Gasteiger partial charge in [-0.05, 0) is 61.4 Å². The maximum Gasteiger partial charge on any atom is 0.309 e. The van der Waals surface area contributed by atoms with Crippen molar-refractivity contribution in [3.8, 4) is 0 Å². The number of hydrogen-bond acceptors (Lipinski definition) is 5. The smallest absolute Gasteiger partial charge is 0.309 e. The standard InChI is InChI=1S/C19H22N2O4S2/c1-12-5-8-15(10-13(12)2)27(24,25)17(16-4-3-9-26-16)11-20-18(22)19(23)21-14-6-7-14/h3-5,8-10,14,17H,6-7,11H2,1-2H3,(H,20,22)(H,21,23)/t17-/m0/s1. The van der Waals surface area contributed by atoms with Gasteiger partial charge in [0, 0.05) is 17.5 Å². The minimum Gasteiger partial charge on any atom is -0.346 e. The topological polar surface area (TPSA) is 92.3 Å². The highest BCUT2D eigenvalue weighted by Crippen LogP contribution is 2.32. The Labute approximate surface area is 162 Å². The van der Waals surface area contributed by atoms with Crippen LogP contribution in [-0.4, -0.2) is 32.8 Å². The first kappa shape index (κ1) is 19.6. The molecule has 1 atom stereocenters. The van der Waals surface area contributed by atoms with Crippen molar-refractivity contribution in [2.45, 2.75) is 42.9 Å². The average molecular weight is 407 g/mol. The van der Waals surface area contributed by atoms with Gasteiger partial charge in [0.15, 0.2) is 9.84 Å². The molecule has 2 N–H and O–H groups in total. The predicted octanol–water partition coefficient (Wildman–Crippen LogP) is 2.27. The van der Waals surface area contributed by atoms with Gasteiger partial charge in [0.25, 0.3) is 0 Å². The average Bonchev–Trinajstić information content (AvgIpc) is 3.27. The molecule has 2 amide bonds. The number of thiophene rings is 1. The van der Waals surface area contributed by atoms with Crippen LogP contribution in [0.1, 0.15) is 34.1 Å². The van der Waals surface area contributed by atoms with Crippen molar-refractivity contribution >= 4 is 33.0 Å². The fraction of sp³-hybridized carbons (Fsp3) is 0.368. The van der Waals surface area contributed by atoms with Gasteiger partial charge in [-0.1, -0.05) is 12.1 Å². The number of rotatable bonds is 6. The quantitative estimate of drug-likeness (QED) is 0.720. The van der Waals surface area contributed by atoms with Crippen LogP contribution < -0.4 is 10.6 Å². The molecule has 1 saturated carbocycles. The van der Waals surface area contributed by atoms with Gasteiger partial charge in [0.1, 0.15) is 5.25 Å². The maximum atomic E-state index is 13.2. The van der Waals surface area contributed by atoms with Gasteiger partial charge in [-0.25, -0.2) is 8.42 Å². The maximum absolute atomic E-state index is 13.2. The first-order valence-electron chi connectivity index (χ1n) is 8.72. The van der Waals surface area contributed by atoms with Crippen molar-refractivity contribution in [3.05, 3.63) is 51.7 Å². The summed E-state index contributed by atoms with van der Waals surface area (Å²) in [4.78, 5) is 24.7. The summed E-state index contributed by atoms with van der Waals surface area (Å²) in [5.41, 5.74) is 1.89. The molecule has 3 rings (SSSR count). The van der Waals surface area contributed by atoms with E-state index in [4.69, 9.17) is 0 Å². The van der Waals surface area contributed by atoms with E-state index in [1.165, 1.54) is 11.3 Å². The Morgan fingerprint density at radius 3 is 2.48 bits per heavy atom. The van der Waals surface area contributed by atoms with Crippen LogP contribution in [0.5, 0.6) is 0 Å². The second-order valence-electron chi connectivity index (χ2n) is 6.75. The molecule has 0 radical (unpaired) electrons. The highest BCUT2D eigenvalue weighted by atomic mass is 32.2. The summed E-state index contributed by atoms with van der Waals surface area (Å²) in [5.74, 6) is -1.52. The zero-order chi connectivity index (χ0) is 19.6. The molecular weight excluding hydrogens is 384 g/mol. The lowest BCUT2D eigenvalue weighted by molar-refractivity contribution is -0.139. The predicted molar refractivity (Wildman–Crippen MR) is 104 cm³/mol. The Hall–Kier alpha value is -2.19. The van der Waals surface area contributed by atoms with Crippen molar-refractivity contribution in [1.29, 1.82) is 0 Å². The molecule has 1 aliphatic rings. The molecule has 8 heteroatoms.